The summed E-state index contributed by atoms with van der Waals surface area (Å²) >= 11 is 0. The molecule has 2 aromatic heterocycles. The van der Waals surface area contributed by atoms with Gasteiger partial charge in [-0.3, -0.25) is 4.79 Å². The van der Waals surface area contributed by atoms with Crippen molar-refractivity contribution in [2.45, 2.75) is 45.1 Å². The third kappa shape index (κ3) is 4.75. The van der Waals surface area contributed by atoms with Crippen molar-refractivity contribution < 1.29 is 4.79 Å². The van der Waals surface area contributed by atoms with Gasteiger partial charge >= 0.3 is 0 Å². The Balaban J connectivity index is 1.32. The molecule has 8 nitrogen and oxygen atoms in total. The number of carbonyl (C=O) groups excluding carboxylic acids is 1. The maximum atomic E-state index is 12.5. The Morgan fingerprint density at radius 3 is 2.79 bits per heavy atom. The van der Waals surface area contributed by atoms with E-state index in [0.717, 1.165) is 31.6 Å². The first kappa shape index (κ1) is 21.2. The number of hydrazone groups is 1. The van der Waals surface area contributed by atoms with Gasteiger partial charge in [0, 0.05) is 24.1 Å². The van der Waals surface area contributed by atoms with Crippen LogP contribution >= 0.6 is 0 Å². The summed E-state index contributed by atoms with van der Waals surface area (Å²) in [4.78, 5) is 20.3. The number of benzene rings is 1. The molecule has 33 heavy (non-hydrogen) atoms. The van der Waals surface area contributed by atoms with Crippen molar-refractivity contribution in [3.05, 3.63) is 82.2 Å². The van der Waals surface area contributed by atoms with Crippen LogP contribution in [0.5, 0.6) is 0 Å². The van der Waals surface area contributed by atoms with E-state index in [-0.39, 0.29) is 5.91 Å². The molecule has 168 valence electrons. The third-order valence-corrected chi connectivity index (χ3v) is 6.08. The van der Waals surface area contributed by atoms with Gasteiger partial charge < -0.3 is 10.3 Å². The van der Waals surface area contributed by atoms with Crippen LogP contribution in [0, 0.1) is 6.92 Å². The van der Waals surface area contributed by atoms with Crippen LogP contribution in [0.1, 0.15) is 59.1 Å². The minimum absolute atomic E-state index is 0.252. The predicted octanol–water partition coefficient (Wildman–Crippen LogP) is 3.03. The number of aromatic nitrogens is 4. The van der Waals surface area contributed by atoms with Crippen LogP contribution in [0.2, 0.25) is 0 Å². The molecule has 0 atom stereocenters. The highest BCUT2D eigenvalue weighted by Crippen LogP contribution is 2.45. The summed E-state index contributed by atoms with van der Waals surface area (Å²) in [5.74, 6) is 0.634. The van der Waals surface area contributed by atoms with E-state index in [1.807, 2.05) is 12.1 Å². The molecule has 1 fully saturated rings. The Hall–Kier alpha value is -3.65. The number of H-pyrrole nitrogens is 1. The lowest BCUT2D eigenvalue weighted by Gasteiger charge is -2.08. The molecule has 1 amide bonds. The monoisotopic (exact) mass is 441 g/mol. The molecule has 1 saturated carbocycles. The van der Waals surface area contributed by atoms with Crippen molar-refractivity contribution in [1.29, 1.82) is 0 Å². The normalized spacial score (nSPS) is 16.8. The second-order valence-electron chi connectivity index (χ2n) is 8.52. The van der Waals surface area contributed by atoms with Crippen LogP contribution in [0.15, 0.2) is 53.4 Å². The minimum Gasteiger partial charge on any atom is -0.359 e. The minimum atomic E-state index is -0.252. The van der Waals surface area contributed by atoms with Crippen molar-refractivity contribution in [1.82, 2.24) is 30.9 Å². The first-order valence-electron chi connectivity index (χ1n) is 11.4. The molecule has 5 rings (SSSR count). The molecule has 8 heteroatoms. The van der Waals surface area contributed by atoms with Gasteiger partial charge in [-0.15, -0.1) is 5.10 Å². The molecule has 3 heterocycles. The van der Waals surface area contributed by atoms with Crippen molar-refractivity contribution >= 4 is 17.7 Å². The predicted molar refractivity (Wildman–Crippen MR) is 126 cm³/mol. The van der Waals surface area contributed by atoms with E-state index in [9.17, 15) is 4.79 Å². The molecule has 0 spiro atoms. The highest BCUT2D eigenvalue weighted by atomic mass is 16.2. The average molecular weight is 442 g/mol. The van der Waals surface area contributed by atoms with Crippen LogP contribution in [0.4, 0.5) is 0 Å². The summed E-state index contributed by atoms with van der Waals surface area (Å²) in [6.07, 6.45) is 9.37. The van der Waals surface area contributed by atoms with Crippen LogP contribution in [-0.2, 0) is 17.8 Å². The lowest BCUT2D eigenvalue weighted by Crippen LogP contribution is -2.15. The van der Waals surface area contributed by atoms with E-state index in [0.29, 0.717) is 23.0 Å². The number of nitrogens with one attached hydrogen (secondary N) is 3. The molecular formula is C25H27N7O. The number of aryl methyl sites for hydroxylation is 1. The van der Waals surface area contributed by atoms with E-state index < -0.39 is 0 Å². The number of aromatic amines is 1. The summed E-state index contributed by atoms with van der Waals surface area (Å²) in [7, 11) is 0. The SMILES string of the molecule is Cc1[nH]c(/C=C2/C(=O)NN=C2c2nccnn2)c(C2CC2)c1CCCNCc1ccccc1. The molecule has 1 aromatic carbocycles. The number of amides is 1. The summed E-state index contributed by atoms with van der Waals surface area (Å²) < 4.78 is 0. The zero-order valence-electron chi connectivity index (χ0n) is 18.6. The van der Waals surface area contributed by atoms with Gasteiger partial charge in [0.15, 0.2) is 0 Å². The first-order valence-corrected chi connectivity index (χ1v) is 11.4. The maximum Gasteiger partial charge on any atom is 0.273 e. The van der Waals surface area contributed by atoms with Gasteiger partial charge in [0.2, 0.25) is 5.82 Å². The topological polar surface area (TPSA) is 108 Å². The molecule has 1 aliphatic carbocycles. The zero-order valence-corrected chi connectivity index (χ0v) is 18.6. The standard InChI is InChI=1S/C25H27N7O/c1-16-19(8-5-11-26-15-17-6-3-2-4-7-17)22(18-9-10-18)21(29-16)14-20-23(30-32-25(20)33)24-27-12-13-28-31-24/h2-4,6-7,12-14,18,26,29H,5,8-11,15H2,1H3,(H,32,33)/b20-14+. The summed E-state index contributed by atoms with van der Waals surface area (Å²) in [5.41, 5.74) is 9.60. The highest BCUT2D eigenvalue weighted by molar-refractivity contribution is 6.32. The number of nitrogens with zero attached hydrogens (tertiary/aromatic N) is 4. The molecule has 0 radical (unpaired) electrons. The van der Waals surface area contributed by atoms with Crippen LogP contribution in [0.3, 0.4) is 0 Å². The first-order chi connectivity index (χ1) is 16.2. The molecule has 0 bridgehead atoms. The van der Waals surface area contributed by atoms with Crippen molar-refractivity contribution in [2.24, 2.45) is 5.10 Å². The molecule has 0 saturated heterocycles. The summed E-state index contributed by atoms with van der Waals surface area (Å²) in [5, 5.41) is 15.6. The highest BCUT2D eigenvalue weighted by Gasteiger charge is 2.32. The number of carbonyl (C=O) groups is 1. The third-order valence-electron chi connectivity index (χ3n) is 6.08. The number of rotatable bonds is 9. The molecule has 3 aromatic rings. The smallest absolute Gasteiger partial charge is 0.273 e. The Kier molecular flexibility index (Phi) is 6.08. The molecule has 0 unspecified atom stereocenters. The van der Waals surface area contributed by atoms with Crippen LogP contribution in [-0.4, -0.2) is 38.3 Å². The molecule has 2 aliphatic rings. The van der Waals surface area contributed by atoms with Gasteiger partial charge in [0.05, 0.1) is 11.8 Å². The van der Waals surface area contributed by atoms with E-state index in [1.165, 1.54) is 41.4 Å². The maximum absolute atomic E-state index is 12.5. The van der Waals surface area contributed by atoms with E-state index >= 15 is 0 Å². The van der Waals surface area contributed by atoms with E-state index in [1.54, 1.807) is 6.20 Å². The lowest BCUT2D eigenvalue weighted by atomic mass is 9.98. The van der Waals surface area contributed by atoms with Gasteiger partial charge in [-0.1, -0.05) is 30.3 Å². The van der Waals surface area contributed by atoms with Gasteiger partial charge in [0.1, 0.15) is 5.71 Å². The summed E-state index contributed by atoms with van der Waals surface area (Å²) in [6.45, 7) is 3.96. The Morgan fingerprint density at radius 2 is 2.03 bits per heavy atom. The fraction of sp³-hybridized carbons (Fsp3) is 0.320. The second-order valence-corrected chi connectivity index (χ2v) is 8.52. The Morgan fingerprint density at radius 1 is 1.18 bits per heavy atom. The number of hydrogen-bond donors (Lipinski definition) is 3. The van der Waals surface area contributed by atoms with Gasteiger partial charge in [0.25, 0.3) is 5.91 Å². The Labute approximate surface area is 192 Å². The zero-order chi connectivity index (χ0) is 22.6. The van der Waals surface area contributed by atoms with Gasteiger partial charge in [-0.2, -0.15) is 10.2 Å². The molecule has 1 aliphatic heterocycles. The average Bonchev–Trinajstić information content (AvgIpc) is 3.55. The molecule has 3 N–H and O–H groups in total. The van der Waals surface area contributed by atoms with Crippen molar-refractivity contribution in [3.8, 4) is 0 Å². The Bertz CT molecular complexity index is 1190. The van der Waals surface area contributed by atoms with Gasteiger partial charge in [-0.25, -0.2) is 10.4 Å². The van der Waals surface area contributed by atoms with E-state index in [2.05, 4.69) is 67.2 Å². The number of hydrogen-bond acceptors (Lipinski definition) is 6. The van der Waals surface area contributed by atoms with Crippen molar-refractivity contribution in [2.75, 3.05) is 6.54 Å². The van der Waals surface area contributed by atoms with Crippen LogP contribution < -0.4 is 10.7 Å². The fourth-order valence-corrected chi connectivity index (χ4v) is 4.34. The second kappa shape index (κ2) is 9.46. The van der Waals surface area contributed by atoms with Crippen LogP contribution in [0.25, 0.3) is 6.08 Å². The van der Waals surface area contributed by atoms with E-state index in [4.69, 9.17) is 0 Å². The molecular weight excluding hydrogens is 414 g/mol. The van der Waals surface area contributed by atoms with Gasteiger partial charge in [-0.05, 0) is 67.8 Å². The fourth-order valence-electron chi connectivity index (χ4n) is 4.34. The van der Waals surface area contributed by atoms with Crippen molar-refractivity contribution in [3.63, 3.8) is 0 Å². The summed E-state index contributed by atoms with van der Waals surface area (Å²) in [6, 6.07) is 10.5. The largest absolute Gasteiger partial charge is 0.359 e. The quantitative estimate of drug-likeness (QED) is 0.349. The lowest BCUT2D eigenvalue weighted by molar-refractivity contribution is -0.116.